The van der Waals surface area contributed by atoms with Gasteiger partial charge in [-0.05, 0) is 24.6 Å². The zero-order valence-corrected chi connectivity index (χ0v) is 10.9. The molecule has 18 heavy (non-hydrogen) atoms. The van der Waals surface area contributed by atoms with Gasteiger partial charge in [0.15, 0.2) is 0 Å². The molecular weight excluding hydrogens is 244 g/mol. The molecule has 0 aliphatic rings. The molecular formula is C13H14N4S. The summed E-state index contributed by atoms with van der Waals surface area (Å²) in [6.07, 6.45) is 2.60. The molecule has 0 radical (unpaired) electrons. The number of nitrogens with zero attached hydrogens (tertiary/aromatic N) is 2. The molecule has 2 rings (SSSR count). The van der Waals surface area contributed by atoms with E-state index in [2.05, 4.69) is 35.4 Å². The van der Waals surface area contributed by atoms with Crippen molar-refractivity contribution in [1.82, 2.24) is 4.98 Å². The SMILES string of the molecule is CCc1ccc(CNc2ncc(N)cc2C#N)s1. The van der Waals surface area contributed by atoms with E-state index in [0.717, 1.165) is 6.42 Å². The fourth-order valence-electron chi connectivity index (χ4n) is 1.59. The Morgan fingerprint density at radius 3 is 2.89 bits per heavy atom. The molecule has 0 aliphatic heterocycles. The Balaban J connectivity index is 2.08. The van der Waals surface area contributed by atoms with E-state index >= 15 is 0 Å². The lowest BCUT2D eigenvalue weighted by Crippen LogP contribution is -2.03. The molecule has 0 saturated heterocycles. The first kappa shape index (κ1) is 12.4. The minimum Gasteiger partial charge on any atom is -0.397 e. The molecule has 4 nitrogen and oxygen atoms in total. The van der Waals surface area contributed by atoms with E-state index in [-0.39, 0.29) is 0 Å². The van der Waals surface area contributed by atoms with Crippen molar-refractivity contribution in [2.45, 2.75) is 19.9 Å². The second kappa shape index (κ2) is 5.52. The molecule has 2 aromatic rings. The number of nitrogen functional groups attached to an aromatic ring is 1. The Labute approximate surface area is 110 Å². The molecule has 3 N–H and O–H groups in total. The number of nitrogens with one attached hydrogen (secondary N) is 1. The molecule has 0 bridgehead atoms. The second-order valence-electron chi connectivity index (χ2n) is 3.85. The van der Waals surface area contributed by atoms with Crippen molar-refractivity contribution in [3.8, 4) is 6.07 Å². The van der Waals surface area contributed by atoms with Crippen molar-refractivity contribution in [2.24, 2.45) is 0 Å². The van der Waals surface area contributed by atoms with E-state index in [0.29, 0.717) is 23.6 Å². The maximum Gasteiger partial charge on any atom is 0.144 e. The molecule has 0 amide bonds. The number of nitriles is 1. The van der Waals surface area contributed by atoms with Crippen LogP contribution >= 0.6 is 11.3 Å². The monoisotopic (exact) mass is 258 g/mol. The quantitative estimate of drug-likeness (QED) is 0.884. The molecule has 0 saturated carbocycles. The van der Waals surface area contributed by atoms with Gasteiger partial charge in [0.1, 0.15) is 11.9 Å². The van der Waals surface area contributed by atoms with Crippen LogP contribution in [0.3, 0.4) is 0 Å². The molecule has 0 unspecified atom stereocenters. The Kier molecular flexibility index (Phi) is 3.80. The minimum absolute atomic E-state index is 0.474. The fraction of sp³-hybridized carbons (Fsp3) is 0.231. The number of thiophene rings is 1. The van der Waals surface area contributed by atoms with E-state index < -0.39 is 0 Å². The number of anilines is 2. The van der Waals surface area contributed by atoms with Crippen molar-refractivity contribution in [1.29, 1.82) is 5.26 Å². The molecule has 0 aliphatic carbocycles. The summed E-state index contributed by atoms with van der Waals surface area (Å²) in [6, 6.07) is 7.94. The first-order valence-electron chi connectivity index (χ1n) is 5.70. The second-order valence-corrected chi connectivity index (χ2v) is 5.10. The average Bonchev–Trinajstić information content (AvgIpc) is 2.85. The van der Waals surface area contributed by atoms with Gasteiger partial charge in [-0.2, -0.15) is 5.26 Å². The van der Waals surface area contributed by atoms with Crippen LogP contribution in [0.15, 0.2) is 24.4 Å². The highest BCUT2D eigenvalue weighted by molar-refractivity contribution is 7.12. The number of hydrogen-bond acceptors (Lipinski definition) is 5. The molecule has 0 aromatic carbocycles. The first-order chi connectivity index (χ1) is 8.72. The van der Waals surface area contributed by atoms with Gasteiger partial charge >= 0.3 is 0 Å². The van der Waals surface area contributed by atoms with Crippen LogP contribution in [0.1, 0.15) is 22.2 Å². The lowest BCUT2D eigenvalue weighted by atomic mass is 10.2. The smallest absolute Gasteiger partial charge is 0.144 e. The molecule has 0 fully saturated rings. The Bertz CT molecular complexity index is 583. The van der Waals surface area contributed by atoms with Crippen LogP contribution in [0, 0.1) is 11.3 Å². The van der Waals surface area contributed by atoms with Crippen LogP contribution in [-0.2, 0) is 13.0 Å². The fourth-order valence-corrected chi connectivity index (χ4v) is 2.48. The number of rotatable bonds is 4. The summed E-state index contributed by atoms with van der Waals surface area (Å²) in [6.45, 7) is 2.81. The van der Waals surface area contributed by atoms with Gasteiger partial charge < -0.3 is 11.1 Å². The highest BCUT2D eigenvalue weighted by Gasteiger charge is 2.05. The number of aromatic nitrogens is 1. The van der Waals surface area contributed by atoms with Crippen LogP contribution in [0.5, 0.6) is 0 Å². The molecule has 2 aromatic heterocycles. The predicted octanol–water partition coefficient (Wildman–Crippen LogP) is 2.77. The molecule has 5 heteroatoms. The third-order valence-electron chi connectivity index (χ3n) is 2.53. The van der Waals surface area contributed by atoms with E-state index in [4.69, 9.17) is 11.0 Å². The summed E-state index contributed by atoms with van der Waals surface area (Å²) in [5.74, 6) is 0.582. The van der Waals surface area contributed by atoms with Crippen LogP contribution in [0.25, 0.3) is 0 Å². The van der Waals surface area contributed by atoms with E-state index in [1.54, 1.807) is 23.6 Å². The Morgan fingerprint density at radius 1 is 1.44 bits per heavy atom. The zero-order valence-electron chi connectivity index (χ0n) is 10.1. The van der Waals surface area contributed by atoms with E-state index in [9.17, 15) is 0 Å². The summed E-state index contributed by atoms with van der Waals surface area (Å²) < 4.78 is 0. The van der Waals surface area contributed by atoms with Crippen molar-refractivity contribution in [2.75, 3.05) is 11.1 Å². The van der Waals surface area contributed by atoms with Crippen LogP contribution in [0.4, 0.5) is 11.5 Å². The lowest BCUT2D eigenvalue weighted by molar-refractivity contribution is 1.13. The van der Waals surface area contributed by atoms with Gasteiger partial charge in [-0.1, -0.05) is 6.92 Å². The lowest BCUT2D eigenvalue weighted by Gasteiger charge is -2.06. The molecule has 0 spiro atoms. The number of aryl methyl sites for hydroxylation is 1. The molecule has 92 valence electrons. The first-order valence-corrected chi connectivity index (χ1v) is 6.51. The Hall–Kier alpha value is -2.06. The molecule has 2 heterocycles. The van der Waals surface area contributed by atoms with Crippen molar-refractivity contribution in [3.63, 3.8) is 0 Å². The molecule has 0 atom stereocenters. The normalized spacial score (nSPS) is 10.0. The summed E-state index contributed by atoms with van der Waals surface area (Å²) in [5.41, 5.74) is 6.57. The van der Waals surface area contributed by atoms with E-state index in [1.165, 1.54) is 9.75 Å². The maximum atomic E-state index is 9.00. The highest BCUT2D eigenvalue weighted by atomic mass is 32.1. The van der Waals surface area contributed by atoms with Crippen LogP contribution in [0.2, 0.25) is 0 Å². The summed E-state index contributed by atoms with van der Waals surface area (Å²) in [7, 11) is 0. The van der Waals surface area contributed by atoms with Crippen molar-refractivity contribution in [3.05, 3.63) is 39.7 Å². The van der Waals surface area contributed by atoms with Gasteiger partial charge in [0.25, 0.3) is 0 Å². The number of nitrogens with two attached hydrogens (primary N) is 1. The topological polar surface area (TPSA) is 74.7 Å². The van der Waals surface area contributed by atoms with E-state index in [1.807, 2.05) is 0 Å². The van der Waals surface area contributed by atoms with Gasteiger partial charge in [-0.15, -0.1) is 11.3 Å². The third kappa shape index (κ3) is 2.79. The van der Waals surface area contributed by atoms with Crippen LogP contribution < -0.4 is 11.1 Å². The highest BCUT2D eigenvalue weighted by Crippen LogP contribution is 2.20. The third-order valence-corrected chi connectivity index (χ3v) is 3.75. The minimum atomic E-state index is 0.474. The summed E-state index contributed by atoms with van der Waals surface area (Å²) >= 11 is 1.77. The standard InChI is InChI=1S/C13H14N4S/c1-2-11-3-4-12(18-11)8-17-13-9(6-14)5-10(15)7-16-13/h3-5,7H,2,8,15H2,1H3,(H,16,17). The maximum absolute atomic E-state index is 9.00. The van der Waals surface area contributed by atoms with Gasteiger partial charge in [-0.25, -0.2) is 4.98 Å². The summed E-state index contributed by atoms with van der Waals surface area (Å²) in [4.78, 5) is 6.73. The van der Waals surface area contributed by atoms with Gasteiger partial charge in [0, 0.05) is 9.75 Å². The number of pyridine rings is 1. The number of hydrogen-bond donors (Lipinski definition) is 2. The summed E-state index contributed by atoms with van der Waals surface area (Å²) in [5, 5.41) is 12.2. The van der Waals surface area contributed by atoms with Gasteiger partial charge in [0.05, 0.1) is 24.0 Å². The van der Waals surface area contributed by atoms with Gasteiger partial charge in [-0.3, -0.25) is 0 Å². The largest absolute Gasteiger partial charge is 0.397 e. The average molecular weight is 258 g/mol. The zero-order chi connectivity index (χ0) is 13.0. The van der Waals surface area contributed by atoms with Crippen LogP contribution in [-0.4, -0.2) is 4.98 Å². The van der Waals surface area contributed by atoms with Gasteiger partial charge in [0.2, 0.25) is 0 Å². The van der Waals surface area contributed by atoms with Crippen molar-refractivity contribution >= 4 is 22.8 Å². The van der Waals surface area contributed by atoms with Crippen molar-refractivity contribution < 1.29 is 0 Å². The Morgan fingerprint density at radius 2 is 2.22 bits per heavy atom. The predicted molar refractivity (Wildman–Crippen MR) is 74.4 cm³/mol.